The average molecular weight is 619 g/mol. The van der Waals surface area contributed by atoms with Crippen LogP contribution >= 0.6 is 45.3 Å². The van der Waals surface area contributed by atoms with Crippen molar-refractivity contribution in [1.82, 2.24) is 0 Å². The van der Waals surface area contributed by atoms with E-state index in [0.29, 0.717) is 11.1 Å². The Morgan fingerprint density at radius 1 is 0.500 bits per heavy atom. The number of carbonyl (C=O) groups excluding carboxylic acids is 2. The van der Waals surface area contributed by atoms with Crippen molar-refractivity contribution in [2.45, 2.75) is 0 Å². The molecule has 8 heteroatoms. The fourth-order valence-corrected chi connectivity index (χ4v) is 9.38. The van der Waals surface area contributed by atoms with Crippen LogP contribution in [0.2, 0.25) is 0 Å². The first-order valence-corrected chi connectivity index (χ1v) is 16.7. The van der Waals surface area contributed by atoms with Crippen molar-refractivity contribution in [3.8, 4) is 40.4 Å². The smallest absolute Gasteiger partial charge is 0.259 e. The molecule has 0 unspecified atom stereocenters. The third-order valence-electron chi connectivity index (χ3n) is 7.85. The Morgan fingerprint density at radius 2 is 0.929 bits per heavy atom. The van der Waals surface area contributed by atoms with E-state index >= 15 is 0 Å². The van der Waals surface area contributed by atoms with Gasteiger partial charge in [-0.2, -0.15) is 0 Å². The first-order valence-electron chi connectivity index (χ1n) is 13.4. The van der Waals surface area contributed by atoms with Crippen LogP contribution in [0.1, 0.15) is 11.1 Å². The first-order chi connectivity index (χ1) is 20.5. The molecule has 0 N–H and O–H groups in total. The van der Waals surface area contributed by atoms with Crippen molar-refractivity contribution >= 4 is 79.7 Å². The lowest BCUT2D eigenvalue weighted by Gasteiger charge is -2.10. The van der Waals surface area contributed by atoms with E-state index in [1.807, 2.05) is 12.1 Å². The normalized spacial score (nSPS) is 16.0. The number of nitrogens with zero attached hydrogens (tertiary/aromatic N) is 2. The van der Waals surface area contributed by atoms with Gasteiger partial charge in [-0.05, 0) is 70.4 Å². The minimum atomic E-state index is -0.153. The van der Waals surface area contributed by atoms with E-state index < -0.39 is 0 Å². The standard InChI is InChI=1S/C34H22N2O2S4/c1-35-23-17-19(25-11-13-29(41-25)27-5-3-15-39-27)7-9-21(23)31(33(35)37)32-22-10-8-20(18-24(22)36(2)34(32)38)26-12-14-30(42-26)28-6-4-16-40-28/h3-18H,1-2H3/b32-31+. The molecule has 42 heavy (non-hydrogen) atoms. The highest BCUT2D eigenvalue weighted by atomic mass is 32.1. The molecule has 2 amide bonds. The van der Waals surface area contributed by atoms with E-state index in [2.05, 4.69) is 83.6 Å². The van der Waals surface area contributed by atoms with Crippen LogP contribution in [-0.4, -0.2) is 25.9 Å². The quantitative estimate of drug-likeness (QED) is 0.185. The molecule has 0 fully saturated rings. The van der Waals surface area contributed by atoms with Gasteiger partial charge in [0.2, 0.25) is 0 Å². The average Bonchev–Trinajstić information content (AvgIpc) is 3.85. The van der Waals surface area contributed by atoms with Crippen LogP contribution in [-0.2, 0) is 9.59 Å². The van der Waals surface area contributed by atoms with E-state index in [1.54, 1.807) is 69.2 Å². The number of fused-ring (bicyclic) bond motifs is 2. The second-order valence-corrected chi connectivity index (χ2v) is 14.3. The molecule has 4 aromatic heterocycles. The van der Waals surface area contributed by atoms with Crippen molar-refractivity contribution < 1.29 is 9.59 Å². The summed E-state index contributed by atoms with van der Waals surface area (Å²) in [5, 5.41) is 4.18. The van der Waals surface area contributed by atoms with E-state index in [9.17, 15) is 9.59 Å². The summed E-state index contributed by atoms with van der Waals surface area (Å²) < 4.78 is 0. The van der Waals surface area contributed by atoms with Gasteiger partial charge in [0.25, 0.3) is 11.8 Å². The highest BCUT2D eigenvalue weighted by Crippen LogP contribution is 2.49. The number of amides is 2. The van der Waals surface area contributed by atoms with Crippen LogP contribution in [0, 0.1) is 0 Å². The number of thiophene rings is 4. The molecule has 0 saturated carbocycles. The van der Waals surface area contributed by atoms with E-state index in [0.717, 1.165) is 43.4 Å². The number of rotatable bonds is 4. The SMILES string of the molecule is CN1C(=O)/C(=C2/C(=O)N(C)c3cc(-c4ccc(-c5cccs5)s4)ccc32)c2ccc(-c3ccc(-c4cccs4)s3)cc21. The lowest BCUT2D eigenvalue weighted by atomic mass is 9.95. The molecule has 0 aliphatic carbocycles. The Bertz CT molecular complexity index is 1910. The lowest BCUT2D eigenvalue weighted by molar-refractivity contribution is -0.114. The summed E-state index contributed by atoms with van der Waals surface area (Å²) >= 11 is 6.95. The summed E-state index contributed by atoms with van der Waals surface area (Å²) in [7, 11) is 3.58. The van der Waals surface area contributed by atoms with Crippen molar-refractivity contribution in [3.63, 3.8) is 0 Å². The molecular weight excluding hydrogens is 597 g/mol. The second kappa shape index (κ2) is 9.74. The third kappa shape index (κ3) is 3.90. The molecule has 2 aliphatic heterocycles. The maximum Gasteiger partial charge on any atom is 0.259 e. The molecule has 0 bridgehead atoms. The monoisotopic (exact) mass is 618 g/mol. The van der Waals surface area contributed by atoms with Crippen molar-refractivity contribution in [2.24, 2.45) is 0 Å². The Kier molecular flexibility index (Phi) is 5.94. The van der Waals surface area contributed by atoms with Crippen LogP contribution in [0.5, 0.6) is 0 Å². The fraction of sp³-hybridized carbons (Fsp3) is 0.0588. The molecule has 0 saturated heterocycles. The number of hydrogen-bond acceptors (Lipinski definition) is 6. The zero-order valence-corrected chi connectivity index (χ0v) is 25.8. The molecule has 2 aromatic carbocycles. The van der Waals surface area contributed by atoms with Gasteiger partial charge in [-0.25, -0.2) is 0 Å². The molecule has 6 heterocycles. The molecule has 8 rings (SSSR count). The fourth-order valence-electron chi connectivity index (χ4n) is 5.70. The zero-order chi connectivity index (χ0) is 28.5. The van der Waals surface area contributed by atoms with Crippen molar-refractivity contribution in [1.29, 1.82) is 0 Å². The van der Waals surface area contributed by atoms with Crippen molar-refractivity contribution in [3.05, 3.63) is 107 Å². The summed E-state index contributed by atoms with van der Waals surface area (Å²) in [6.07, 6.45) is 0. The maximum absolute atomic E-state index is 13.7. The van der Waals surface area contributed by atoms with Crippen LogP contribution in [0.3, 0.4) is 0 Å². The topological polar surface area (TPSA) is 40.6 Å². The highest BCUT2D eigenvalue weighted by Gasteiger charge is 2.40. The van der Waals surface area contributed by atoms with Gasteiger partial charge in [0.15, 0.2) is 0 Å². The highest BCUT2D eigenvalue weighted by molar-refractivity contribution is 7.23. The van der Waals surface area contributed by atoms with Crippen LogP contribution in [0.15, 0.2) is 95.7 Å². The van der Waals surface area contributed by atoms with Gasteiger partial charge in [-0.1, -0.05) is 36.4 Å². The first kappa shape index (κ1) is 25.6. The lowest BCUT2D eigenvalue weighted by Crippen LogP contribution is -2.24. The Labute approximate surface area is 259 Å². The predicted molar refractivity (Wildman–Crippen MR) is 180 cm³/mol. The predicted octanol–water partition coefficient (Wildman–Crippen LogP) is 9.46. The molecule has 204 valence electrons. The third-order valence-corrected chi connectivity index (χ3v) is 12.3. The van der Waals surface area contributed by atoms with Gasteiger partial charge in [-0.3, -0.25) is 9.59 Å². The summed E-state index contributed by atoms with van der Waals surface area (Å²) in [4.78, 5) is 38.1. The zero-order valence-electron chi connectivity index (χ0n) is 22.6. The summed E-state index contributed by atoms with van der Waals surface area (Å²) in [5.41, 5.74) is 6.32. The van der Waals surface area contributed by atoms with Gasteiger partial charge in [-0.15, -0.1) is 45.3 Å². The van der Waals surface area contributed by atoms with Gasteiger partial charge in [0.1, 0.15) is 0 Å². The van der Waals surface area contributed by atoms with E-state index in [4.69, 9.17) is 0 Å². The Balaban J connectivity index is 1.19. The number of benzene rings is 2. The number of likely N-dealkylation sites (N-methyl/N-ethyl adjacent to an activating group) is 2. The minimum Gasteiger partial charge on any atom is -0.311 e. The summed E-state index contributed by atoms with van der Waals surface area (Å²) in [6.45, 7) is 0. The number of carbonyl (C=O) groups is 2. The molecular formula is C34H22N2O2S4. The van der Waals surface area contributed by atoms with E-state index in [-0.39, 0.29) is 11.8 Å². The van der Waals surface area contributed by atoms with Gasteiger partial charge < -0.3 is 9.80 Å². The number of hydrogen-bond donors (Lipinski definition) is 0. The largest absolute Gasteiger partial charge is 0.311 e. The second-order valence-electron chi connectivity index (χ2n) is 10.2. The van der Waals surface area contributed by atoms with E-state index in [1.165, 1.54) is 19.5 Å². The summed E-state index contributed by atoms with van der Waals surface area (Å²) in [5.74, 6) is -0.305. The van der Waals surface area contributed by atoms with Gasteiger partial charge in [0.05, 0.1) is 22.5 Å². The van der Waals surface area contributed by atoms with Crippen LogP contribution in [0.4, 0.5) is 11.4 Å². The Hall–Kier alpha value is -4.08. The Morgan fingerprint density at radius 3 is 1.33 bits per heavy atom. The van der Waals surface area contributed by atoms with Crippen molar-refractivity contribution in [2.75, 3.05) is 23.9 Å². The molecule has 0 radical (unpaired) electrons. The number of anilines is 2. The maximum atomic E-state index is 13.7. The molecule has 0 spiro atoms. The van der Waals surface area contributed by atoms with Crippen LogP contribution in [0.25, 0.3) is 51.5 Å². The molecule has 4 nitrogen and oxygen atoms in total. The molecule has 2 aliphatic rings. The summed E-state index contributed by atoms with van der Waals surface area (Å²) in [6, 6.07) is 29.2. The van der Waals surface area contributed by atoms with Gasteiger partial charge >= 0.3 is 0 Å². The molecule has 0 atom stereocenters. The van der Waals surface area contributed by atoms with Crippen LogP contribution < -0.4 is 9.80 Å². The molecule has 6 aromatic rings. The minimum absolute atomic E-state index is 0.153. The van der Waals surface area contributed by atoms with Gasteiger partial charge in [0, 0.05) is 54.5 Å².